The second-order valence-corrected chi connectivity index (χ2v) is 5.52. The number of benzene rings is 1. The van der Waals surface area contributed by atoms with Gasteiger partial charge in [-0.05, 0) is 37.8 Å². The first kappa shape index (κ1) is 15.5. The Morgan fingerprint density at radius 3 is 2.56 bits per heavy atom. The molecule has 0 aliphatic heterocycles. The third-order valence-corrected chi connectivity index (χ3v) is 3.77. The van der Waals surface area contributed by atoms with Crippen molar-refractivity contribution in [2.24, 2.45) is 0 Å². The van der Waals surface area contributed by atoms with E-state index >= 15 is 0 Å². The summed E-state index contributed by atoms with van der Waals surface area (Å²) in [6.45, 7) is 6.76. The maximum atomic E-state index is 6.19. The van der Waals surface area contributed by atoms with Crippen LogP contribution in [-0.4, -0.2) is 12.1 Å². The summed E-state index contributed by atoms with van der Waals surface area (Å²) >= 11 is 6.19. The van der Waals surface area contributed by atoms with Gasteiger partial charge >= 0.3 is 0 Å². The van der Waals surface area contributed by atoms with Gasteiger partial charge in [0.1, 0.15) is 0 Å². The molecule has 0 heterocycles. The monoisotopic (exact) mass is 267 g/mol. The highest BCUT2D eigenvalue weighted by Crippen LogP contribution is 2.17. The fourth-order valence-electron chi connectivity index (χ4n) is 2.31. The Labute approximate surface area is 117 Å². The van der Waals surface area contributed by atoms with Gasteiger partial charge in [-0.3, -0.25) is 0 Å². The Bertz CT molecular complexity index is 338. The van der Waals surface area contributed by atoms with Gasteiger partial charge in [-0.15, -0.1) is 0 Å². The Morgan fingerprint density at radius 2 is 1.94 bits per heavy atom. The van der Waals surface area contributed by atoms with Crippen LogP contribution in [0.25, 0.3) is 0 Å². The average molecular weight is 268 g/mol. The van der Waals surface area contributed by atoms with Crippen LogP contribution in [0.3, 0.4) is 0 Å². The van der Waals surface area contributed by atoms with Crippen molar-refractivity contribution in [3.63, 3.8) is 0 Å². The van der Waals surface area contributed by atoms with Crippen molar-refractivity contribution in [2.45, 2.75) is 65.0 Å². The Hall–Kier alpha value is -0.530. The van der Waals surface area contributed by atoms with E-state index in [0.29, 0.717) is 12.1 Å². The van der Waals surface area contributed by atoms with Crippen LogP contribution in [0.15, 0.2) is 24.3 Å². The van der Waals surface area contributed by atoms with E-state index < -0.39 is 0 Å². The second-order valence-electron chi connectivity index (χ2n) is 5.11. The lowest BCUT2D eigenvalue weighted by molar-refractivity contribution is 0.402. The van der Waals surface area contributed by atoms with Crippen LogP contribution in [0.4, 0.5) is 0 Å². The zero-order valence-electron chi connectivity index (χ0n) is 11.9. The molecule has 2 atom stereocenters. The van der Waals surface area contributed by atoms with E-state index in [-0.39, 0.29) is 0 Å². The molecule has 0 aromatic heterocycles. The molecular formula is C16H26ClN. The largest absolute Gasteiger partial charge is 0.311 e. The van der Waals surface area contributed by atoms with Crippen molar-refractivity contribution in [1.29, 1.82) is 0 Å². The van der Waals surface area contributed by atoms with Crippen molar-refractivity contribution in [3.8, 4) is 0 Å². The van der Waals surface area contributed by atoms with E-state index in [1.807, 2.05) is 12.1 Å². The van der Waals surface area contributed by atoms with Crippen LogP contribution in [0.1, 0.15) is 52.0 Å². The molecule has 1 aromatic carbocycles. The first-order valence-electron chi connectivity index (χ1n) is 7.16. The summed E-state index contributed by atoms with van der Waals surface area (Å²) in [5.74, 6) is 0. The molecule has 2 heteroatoms. The third-order valence-electron chi connectivity index (χ3n) is 3.40. The normalized spacial score (nSPS) is 14.4. The highest BCUT2D eigenvalue weighted by atomic mass is 35.5. The first-order chi connectivity index (χ1) is 8.67. The second kappa shape index (κ2) is 8.55. The Balaban J connectivity index is 2.45. The van der Waals surface area contributed by atoms with E-state index in [9.17, 15) is 0 Å². The van der Waals surface area contributed by atoms with Crippen molar-refractivity contribution in [2.75, 3.05) is 0 Å². The summed E-state index contributed by atoms with van der Waals surface area (Å²) in [7, 11) is 0. The van der Waals surface area contributed by atoms with Gasteiger partial charge in [0.2, 0.25) is 0 Å². The SMILES string of the molecule is CCCCC(CC)NC(C)Cc1ccccc1Cl. The molecule has 1 rings (SSSR count). The minimum Gasteiger partial charge on any atom is -0.311 e. The van der Waals surface area contributed by atoms with Crippen LogP contribution in [0, 0.1) is 0 Å². The standard InChI is InChI=1S/C16H26ClN/c1-4-6-10-15(5-2)18-13(3)12-14-9-7-8-11-16(14)17/h7-9,11,13,15,18H,4-6,10,12H2,1-3H3. The van der Waals surface area contributed by atoms with Gasteiger partial charge in [-0.2, -0.15) is 0 Å². The van der Waals surface area contributed by atoms with Crippen molar-refractivity contribution < 1.29 is 0 Å². The van der Waals surface area contributed by atoms with Crippen LogP contribution in [0.2, 0.25) is 5.02 Å². The highest BCUT2D eigenvalue weighted by Gasteiger charge is 2.11. The number of unbranched alkanes of at least 4 members (excludes halogenated alkanes) is 1. The number of hydrogen-bond donors (Lipinski definition) is 1. The zero-order chi connectivity index (χ0) is 13.4. The lowest BCUT2D eigenvalue weighted by atomic mass is 10.0. The molecule has 2 unspecified atom stereocenters. The zero-order valence-corrected chi connectivity index (χ0v) is 12.6. The molecule has 1 nitrogen and oxygen atoms in total. The van der Waals surface area contributed by atoms with Gasteiger partial charge in [0.25, 0.3) is 0 Å². The van der Waals surface area contributed by atoms with Gasteiger partial charge in [-0.1, -0.05) is 56.5 Å². The quantitative estimate of drug-likeness (QED) is 0.711. The van der Waals surface area contributed by atoms with Gasteiger partial charge in [0, 0.05) is 17.1 Å². The van der Waals surface area contributed by atoms with Gasteiger partial charge in [0.15, 0.2) is 0 Å². The molecule has 1 N–H and O–H groups in total. The number of rotatable bonds is 8. The van der Waals surface area contributed by atoms with Crippen LogP contribution in [0.5, 0.6) is 0 Å². The molecule has 0 amide bonds. The Kier molecular flexibility index (Phi) is 7.38. The topological polar surface area (TPSA) is 12.0 Å². The van der Waals surface area contributed by atoms with E-state index in [0.717, 1.165) is 11.4 Å². The summed E-state index contributed by atoms with van der Waals surface area (Å²) in [5, 5.41) is 4.60. The van der Waals surface area contributed by atoms with Crippen LogP contribution >= 0.6 is 11.6 Å². The van der Waals surface area contributed by atoms with Gasteiger partial charge < -0.3 is 5.32 Å². The molecule has 0 saturated carbocycles. The summed E-state index contributed by atoms with van der Waals surface area (Å²) < 4.78 is 0. The van der Waals surface area contributed by atoms with E-state index in [4.69, 9.17) is 11.6 Å². The number of halogens is 1. The fourth-order valence-corrected chi connectivity index (χ4v) is 2.52. The molecule has 0 bridgehead atoms. The molecule has 0 aliphatic rings. The predicted molar refractivity (Wildman–Crippen MR) is 81.4 cm³/mol. The predicted octanol–water partition coefficient (Wildman–Crippen LogP) is 4.83. The molecule has 0 fully saturated rings. The molecule has 0 radical (unpaired) electrons. The average Bonchev–Trinajstić information content (AvgIpc) is 2.37. The summed E-state index contributed by atoms with van der Waals surface area (Å²) in [4.78, 5) is 0. The van der Waals surface area contributed by atoms with Crippen LogP contribution < -0.4 is 5.32 Å². The summed E-state index contributed by atoms with van der Waals surface area (Å²) in [6.07, 6.45) is 6.07. The molecule has 0 saturated heterocycles. The first-order valence-corrected chi connectivity index (χ1v) is 7.54. The minimum absolute atomic E-state index is 0.478. The smallest absolute Gasteiger partial charge is 0.0438 e. The maximum absolute atomic E-state index is 6.19. The van der Waals surface area contributed by atoms with Crippen molar-refractivity contribution in [3.05, 3.63) is 34.9 Å². The lowest BCUT2D eigenvalue weighted by Gasteiger charge is -2.22. The van der Waals surface area contributed by atoms with E-state index in [2.05, 4.69) is 38.2 Å². The van der Waals surface area contributed by atoms with Crippen molar-refractivity contribution >= 4 is 11.6 Å². The minimum atomic E-state index is 0.478. The van der Waals surface area contributed by atoms with E-state index in [1.165, 1.54) is 31.2 Å². The van der Waals surface area contributed by atoms with Gasteiger partial charge in [0.05, 0.1) is 0 Å². The van der Waals surface area contributed by atoms with E-state index in [1.54, 1.807) is 0 Å². The summed E-state index contributed by atoms with van der Waals surface area (Å²) in [5.41, 5.74) is 1.24. The Morgan fingerprint density at radius 1 is 1.22 bits per heavy atom. The molecule has 0 aliphatic carbocycles. The molecule has 1 aromatic rings. The molecule has 18 heavy (non-hydrogen) atoms. The molecule has 102 valence electrons. The molecule has 0 spiro atoms. The van der Waals surface area contributed by atoms with Gasteiger partial charge in [-0.25, -0.2) is 0 Å². The fraction of sp³-hybridized carbons (Fsp3) is 0.625. The lowest BCUT2D eigenvalue weighted by Crippen LogP contribution is -2.37. The third kappa shape index (κ3) is 5.41. The van der Waals surface area contributed by atoms with Crippen molar-refractivity contribution in [1.82, 2.24) is 5.32 Å². The maximum Gasteiger partial charge on any atom is 0.0438 e. The molecular weight excluding hydrogens is 242 g/mol. The number of nitrogens with one attached hydrogen (secondary N) is 1. The number of hydrogen-bond acceptors (Lipinski definition) is 1. The highest BCUT2D eigenvalue weighted by molar-refractivity contribution is 6.31. The van der Waals surface area contributed by atoms with Crippen LogP contribution in [-0.2, 0) is 6.42 Å². The summed E-state index contributed by atoms with van der Waals surface area (Å²) in [6, 6.07) is 9.25.